The molecule has 118 valence electrons. The van der Waals surface area contributed by atoms with Crippen LogP contribution in [0.15, 0.2) is 18.2 Å². The Labute approximate surface area is 129 Å². The van der Waals surface area contributed by atoms with Gasteiger partial charge in [-0.15, -0.1) is 0 Å². The molecule has 1 atom stereocenters. The van der Waals surface area contributed by atoms with E-state index in [2.05, 4.69) is 15.5 Å². The first-order valence-electron chi connectivity index (χ1n) is 7.66. The number of carbonyl (C=O) groups excluding carboxylic acids is 2. The number of hydrogen-bond acceptors (Lipinski definition) is 5. The first-order valence-corrected chi connectivity index (χ1v) is 7.66. The number of benzene rings is 1. The molecule has 1 aromatic rings. The Kier molecular flexibility index (Phi) is 4.29. The molecule has 2 aliphatic heterocycles. The molecule has 6 heteroatoms. The quantitative estimate of drug-likeness (QED) is 0.801. The third-order valence-corrected chi connectivity index (χ3v) is 4.30. The minimum atomic E-state index is -0.274. The smallest absolute Gasteiger partial charge is 0.234 e. The summed E-state index contributed by atoms with van der Waals surface area (Å²) in [6.07, 6.45) is 0.944. The number of anilines is 1. The van der Waals surface area contributed by atoms with Crippen LogP contribution in [-0.4, -0.2) is 45.1 Å². The minimum Gasteiger partial charge on any atom is -0.495 e. The molecule has 2 aliphatic rings. The van der Waals surface area contributed by atoms with Crippen molar-refractivity contribution in [3.05, 3.63) is 23.8 Å². The van der Waals surface area contributed by atoms with Gasteiger partial charge in [-0.25, -0.2) is 0 Å². The normalized spacial score (nSPS) is 22.4. The number of carbonyl (C=O) groups is 2. The maximum atomic E-state index is 12.0. The zero-order valence-electron chi connectivity index (χ0n) is 12.7. The standard InChI is InChI=1S/C16H21N3O3/c1-22-14-10-11(12-3-5-15(20)18-16(12)21)2-4-13(14)19-8-6-17-7-9-19/h2,4,10,12,17H,3,5-9H2,1H3,(H,18,20,21). The fourth-order valence-corrected chi connectivity index (χ4v) is 3.09. The van der Waals surface area contributed by atoms with E-state index >= 15 is 0 Å². The Hall–Kier alpha value is -2.08. The average Bonchev–Trinajstić information content (AvgIpc) is 2.55. The Morgan fingerprint density at radius 2 is 2.00 bits per heavy atom. The topological polar surface area (TPSA) is 70.7 Å². The van der Waals surface area contributed by atoms with E-state index in [1.807, 2.05) is 18.2 Å². The molecule has 22 heavy (non-hydrogen) atoms. The maximum absolute atomic E-state index is 12.0. The zero-order valence-corrected chi connectivity index (χ0v) is 12.7. The number of amides is 2. The Bertz CT molecular complexity index is 582. The summed E-state index contributed by atoms with van der Waals surface area (Å²) < 4.78 is 5.53. The van der Waals surface area contributed by atoms with Crippen LogP contribution in [0.1, 0.15) is 24.3 Å². The van der Waals surface area contributed by atoms with Gasteiger partial charge < -0.3 is 15.0 Å². The van der Waals surface area contributed by atoms with E-state index in [0.717, 1.165) is 43.2 Å². The van der Waals surface area contributed by atoms with Crippen molar-refractivity contribution in [2.24, 2.45) is 0 Å². The monoisotopic (exact) mass is 303 g/mol. The molecule has 0 radical (unpaired) electrons. The van der Waals surface area contributed by atoms with Crippen LogP contribution in [0, 0.1) is 0 Å². The Morgan fingerprint density at radius 1 is 1.23 bits per heavy atom. The highest BCUT2D eigenvalue weighted by atomic mass is 16.5. The second-order valence-corrected chi connectivity index (χ2v) is 5.67. The van der Waals surface area contributed by atoms with Gasteiger partial charge in [0.25, 0.3) is 0 Å². The molecule has 0 bridgehead atoms. The van der Waals surface area contributed by atoms with Gasteiger partial charge in [0.15, 0.2) is 0 Å². The third-order valence-electron chi connectivity index (χ3n) is 4.30. The fourth-order valence-electron chi connectivity index (χ4n) is 3.09. The van der Waals surface area contributed by atoms with Crippen molar-refractivity contribution in [3.8, 4) is 5.75 Å². The van der Waals surface area contributed by atoms with Crippen molar-refractivity contribution in [1.29, 1.82) is 0 Å². The van der Waals surface area contributed by atoms with Gasteiger partial charge in [-0.2, -0.15) is 0 Å². The average molecular weight is 303 g/mol. The number of piperazine rings is 1. The SMILES string of the molecule is COc1cc(C2CCC(=O)NC2=O)ccc1N1CCNCC1. The molecule has 0 aromatic heterocycles. The van der Waals surface area contributed by atoms with Gasteiger partial charge in [0.1, 0.15) is 5.75 Å². The van der Waals surface area contributed by atoms with E-state index in [9.17, 15) is 9.59 Å². The van der Waals surface area contributed by atoms with E-state index in [0.29, 0.717) is 12.8 Å². The summed E-state index contributed by atoms with van der Waals surface area (Å²) >= 11 is 0. The number of ether oxygens (including phenoxy) is 1. The van der Waals surface area contributed by atoms with Gasteiger partial charge in [-0.05, 0) is 24.1 Å². The van der Waals surface area contributed by atoms with Gasteiger partial charge >= 0.3 is 0 Å². The molecular formula is C16H21N3O3. The van der Waals surface area contributed by atoms with Gasteiger partial charge in [0.05, 0.1) is 18.7 Å². The molecule has 2 heterocycles. The summed E-state index contributed by atoms with van der Waals surface area (Å²) in [5.74, 6) is 0.103. The second-order valence-electron chi connectivity index (χ2n) is 5.67. The van der Waals surface area contributed by atoms with Crippen LogP contribution in [0.2, 0.25) is 0 Å². The molecule has 2 saturated heterocycles. The van der Waals surface area contributed by atoms with Crippen LogP contribution >= 0.6 is 0 Å². The van der Waals surface area contributed by atoms with Crippen LogP contribution in [0.25, 0.3) is 0 Å². The van der Waals surface area contributed by atoms with E-state index in [4.69, 9.17) is 4.74 Å². The van der Waals surface area contributed by atoms with Crippen molar-refractivity contribution < 1.29 is 14.3 Å². The van der Waals surface area contributed by atoms with Crippen molar-refractivity contribution >= 4 is 17.5 Å². The molecule has 0 spiro atoms. The molecule has 2 amide bonds. The van der Waals surface area contributed by atoms with Crippen LogP contribution < -0.4 is 20.3 Å². The number of rotatable bonds is 3. The van der Waals surface area contributed by atoms with Crippen LogP contribution in [-0.2, 0) is 9.59 Å². The predicted molar refractivity (Wildman–Crippen MR) is 83.2 cm³/mol. The van der Waals surface area contributed by atoms with E-state index in [1.165, 1.54) is 0 Å². The van der Waals surface area contributed by atoms with E-state index in [1.54, 1.807) is 7.11 Å². The summed E-state index contributed by atoms with van der Waals surface area (Å²) in [5, 5.41) is 5.73. The first kappa shape index (κ1) is 14.8. The number of nitrogens with zero attached hydrogens (tertiary/aromatic N) is 1. The minimum absolute atomic E-state index is 0.189. The first-order chi connectivity index (χ1) is 10.7. The predicted octanol–water partition coefficient (Wildman–Crippen LogP) is 0.625. The molecule has 1 unspecified atom stereocenters. The highest BCUT2D eigenvalue weighted by molar-refractivity contribution is 6.01. The van der Waals surface area contributed by atoms with Gasteiger partial charge in [-0.1, -0.05) is 6.07 Å². The lowest BCUT2D eigenvalue weighted by Gasteiger charge is -2.31. The molecule has 6 nitrogen and oxygen atoms in total. The van der Waals surface area contributed by atoms with Crippen molar-refractivity contribution in [3.63, 3.8) is 0 Å². The number of hydrogen-bond donors (Lipinski definition) is 2. The lowest BCUT2D eigenvalue weighted by atomic mass is 9.90. The van der Waals surface area contributed by atoms with Crippen LogP contribution in [0.3, 0.4) is 0 Å². The highest BCUT2D eigenvalue weighted by Crippen LogP contribution is 2.34. The number of piperidine rings is 1. The molecule has 1 aromatic carbocycles. The van der Waals surface area contributed by atoms with Crippen LogP contribution in [0.4, 0.5) is 5.69 Å². The molecule has 2 fully saturated rings. The fraction of sp³-hybridized carbons (Fsp3) is 0.500. The van der Waals surface area contributed by atoms with Gasteiger partial charge in [0.2, 0.25) is 11.8 Å². The molecule has 0 saturated carbocycles. The van der Waals surface area contributed by atoms with E-state index in [-0.39, 0.29) is 17.7 Å². The van der Waals surface area contributed by atoms with Crippen molar-refractivity contribution in [2.45, 2.75) is 18.8 Å². The molecule has 0 aliphatic carbocycles. The Balaban J connectivity index is 1.85. The zero-order chi connectivity index (χ0) is 15.5. The molecule has 2 N–H and O–H groups in total. The molecule has 3 rings (SSSR count). The largest absolute Gasteiger partial charge is 0.495 e. The van der Waals surface area contributed by atoms with Gasteiger partial charge in [-0.3, -0.25) is 14.9 Å². The Morgan fingerprint density at radius 3 is 2.68 bits per heavy atom. The number of methoxy groups -OCH3 is 1. The maximum Gasteiger partial charge on any atom is 0.234 e. The summed E-state index contributed by atoms with van der Waals surface area (Å²) in [7, 11) is 1.65. The lowest BCUT2D eigenvalue weighted by Crippen LogP contribution is -2.43. The van der Waals surface area contributed by atoms with Crippen LogP contribution in [0.5, 0.6) is 5.75 Å². The van der Waals surface area contributed by atoms with Crippen molar-refractivity contribution in [2.75, 3.05) is 38.2 Å². The summed E-state index contributed by atoms with van der Waals surface area (Å²) in [5.41, 5.74) is 1.96. The van der Waals surface area contributed by atoms with E-state index < -0.39 is 0 Å². The summed E-state index contributed by atoms with van der Waals surface area (Å²) in [6.45, 7) is 3.79. The van der Waals surface area contributed by atoms with Crippen molar-refractivity contribution in [1.82, 2.24) is 10.6 Å². The lowest BCUT2D eigenvalue weighted by molar-refractivity contribution is -0.134. The third kappa shape index (κ3) is 2.92. The molecular weight excluding hydrogens is 282 g/mol. The highest BCUT2D eigenvalue weighted by Gasteiger charge is 2.28. The van der Waals surface area contributed by atoms with Gasteiger partial charge in [0, 0.05) is 32.6 Å². The number of imide groups is 1. The summed E-state index contributed by atoms with van der Waals surface area (Å²) in [6, 6.07) is 5.92. The number of nitrogens with one attached hydrogen (secondary N) is 2. The summed E-state index contributed by atoms with van der Waals surface area (Å²) in [4.78, 5) is 25.5. The second kappa shape index (κ2) is 6.36.